The highest BCUT2D eigenvalue weighted by atomic mass is 31.2. The van der Waals surface area contributed by atoms with Gasteiger partial charge in [-0.05, 0) is 44.9 Å². The molecule has 0 amide bonds. The average Bonchev–Trinajstić information content (AvgIpc) is 3.24. The molecule has 0 bridgehead atoms. The molecular formula is C49H93O10P. The molecule has 3 atom stereocenters. The fraction of sp³-hybridized carbons (Fsp3) is 0.878. The van der Waals surface area contributed by atoms with Crippen LogP contribution in [0.3, 0.4) is 0 Å². The standard InChI is InChI=1S/C49H93O10P/c1-3-5-7-9-11-13-15-17-19-20-21-22-23-24-25-27-29-31-33-35-37-39-41-49(53)59-47(43-51)45-57-60(54,55)56-44-46(42-50)58-48(52)40-38-36-34-32-30-28-26-18-16-14-12-10-8-6-4-2/h12,14,18,26,46-47,50-51H,3-11,13,15-17,19-25,27-45H2,1-2H3,(H,54,55)/b14-12-,26-18-. The molecule has 0 saturated carbocycles. The molecule has 0 spiro atoms. The maximum absolute atomic E-state index is 12.4. The van der Waals surface area contributed by atoms with Crippen LogP contribution in [0.1, 0.15) is 239 Å². The highest BCUT2D eigenvalue weighted by Crippen LogP contribution is 2.43. The lowest BCUT2D eigenvalue weighted by Crippen LogP contribution is -2.28. The molecule has 60 heavy (non-hydrogen) atoms. The van der Waals surface area contributed by atoms with E-state index in [1.54, 1.807) is 0 Å². The van der Waals surface area contributed by atoms with Crippen molar-refractivity contribution in [1.82, 2.24) is 0 Å². The van der Waals surface area contributed by atoms with Crippen molar-refractivity contribution in [2.45, 2.75) is 251 Å². The van der Waals surface area contributed by atoms with E-state index in [0.29, 0.717) is 12.8 Å². The lowest BCUT2D eigenvalue weighted by Gasteiger charge is -2.20. The second-order valence-corrected chi connectivity index (χ2v) is 18.3. The van der Waals surface area contributed by atoms with E-state index in [4.69, 9.17) is 18.5 Å². The number of phosphoric ester groups is 1. The van der Waals surface area contributed by atoms with E-state index in [1.165, 1.54) is 135 Å². The van der Waals surface area contributed by atoms with Gasteiger partial charge in [0.2, 0.25) is 0 Å². The summed E-state index contributed by atoms with van der Waals surface area (Å²) in [5.74, 6) is -1.02. The van der Waals surface area contributed by atoms with Gasteiger partial charge in [0.15, 0.2) is 0 Å². The van der Waals surface area contributed by atoms with Gasteiger partial charge in [-0.25, -0.2) is 4.57 Å². The van der Waals surface area contributed by atoms with Crippen molar-refractivity contribution in [2.75, 3.05) is 26.4 Å². The van der Waals surface area contributed by atoms with E-state index in [-0.39, 0.29) is 12.8 Å². The maximum atomic E-state index is 12.4. The van der Waals surface area contributed by atoms with E-state index < -0.39 is 58.4 Å². The van der Waals surface area contributed by atoms with E-state index in [0.717, 1.165) is 64.2 Å². The number of carbonyl (C=O) groups is 2. The summed E-state index contributed by atoms with van der Waals surface area (Å²) in [6, 6.07) is 0. The summed E-state index contributed by atoms with van der Waals surface area (Å²) in [6.07, 6.45) is 47.3. The summed E-state index contributed by atoms with van der Waals surface area (Å²) in [5, 5.41) is 19.2. The first-order valence-corrected chi connectivity index (χ1v) is 26.3. The largest absolute Gasteiger partial charge is 0.472 e. The van der Waals surface area contributed by atoms with E-state index in [2.05, 4.69) is 38.2 Å². The number of aliphatic hydroxyl groups excluding tert-OH is 2. The van der Waals surface area contributed by atoms with Crippen LogP contribution in [0, 0.1) is 0 Å². The number of carbonyl (C=O) groups excluding carboxylic acids is 2. The Morgan fingerprint density at radius 2 is 0.733 bits per heavy atom. The topological polar surface area (TPSA) is 149 Å². The molecule has 0 aliphatic rings. The number of unbranched alkanes of at least 4 members (excludes halogenated alkanes) is 29. The summed E-state index contributed by atoms with van der Waals surface area (Å²) in [6.45, 7) is 2.21. The van der Waals surface area contributed by atoms with Crippen molar-refractivity contribution in [3.8, 4) is 0 Å². The van der Waals surface area contributed by atoms with Crippen LogP contribution < -0.4 is 0 Å². The molecule has 0 rings (SSSR count). The van der Waals surface area contributed by atoms with Gasteiger partial charge in [0.25, 0.3) is 0 Å². The molecule has 3 N–H and O–H groups in total. The monoisotopic (exact) mass is 873 g/mol. The lowest BCUT2D eigenvalue weighted by atomic mass is 10.0. The van der Waals surface area contributed by atoms with E-state index in [1.807, 2.05) is 0 Å². The van der Waals surface area contributed by atoms with Gasteiger partial charge in [0.05, 0.1) is 26.4 Å². The third-order valence-electron chi connectivity index (χ3n) is 10.9. The Bertz CT molecular complexity index is 1050. The van der Waals surface area contributed by atoms with Crippen LogP contribution >= 0.6 is 7.82 Å². The molecule has 0 aromatic carbocycles. The van der Waals surface area contributed by atoms with E-state index >= 15 is 0 Å². The number of rotatable bonds is 47. The number of hydrogen-bond acceptors (Lipinski definition) is 9. The predicted molar refractivity (Wildman–Crippen MR) is 247 cm³/mol. The molecule has 0 fully saturated rings. The van der Waals surface area contributed by atoms with Crippen LogP contribution in [0.2, 0.25) is 0 Å². The number of allylic oxidation sites excluding steroid dienone is 4. The fourth-order valence-electron chi connectivity index (χ4n) is 7.09. The van der Waals surface area contributed by atoms with Crippen LogP contribution in [0.15, 0.2) is 24.3 Å². The molecule has 3 unspecified atom stereocenters. The zero-order valence-electron chi connectivity index (χ0n) is 38.7. The van der Waals surface area contributed by atoms with Crippen molar-refractivity contribution >= 4 is 19.8 Å². The molecule has 11 heteroatoms. The molecule has 0 aromatic heterocycles. The summed E-state index contributed by atoms with van der Waals surface area (Å²) in [5.41, 5.74) is 0. The maximum Gasteiger partial charge on any atom is 0.472 e. The highest BCUT2D eigenvalue weighted by Gasteiger charge is 2.27. The minimum absolute atomic E-state index is 0.178. The van der Waals surface area contributed by atoms with Gasteiger partial charge < -0.3 is 24.6 Å². The fourth-order valence-corrected chi connectivity index (χ4v) is 7.87. The van der Waals surface area contributed by atoms with Gasteiger partial charge in [-0.15, -0.1) is 0 Å². The number of aliphatic hydroxyl groups is 2. The predicted octanol–water partition coefficient (Wildman–Crippen LogP) is 13.7. The molecule has 0 aromatic rings. The van der Waals surface area contributed by atoms with Gasteiger partial charge in [-0.2, -0.15) is 0 Å². The van der Waals surface area contributed by atoms with Crippen LogP contribution in [0.25, 0.3) is 0 Å². The minimum Gasteiger partial charge on any atom is -0.457 e. The molecule has 354 valence electrons. The Morgan fingerprint density at radius 1 is 0.450 bits per heavy atom. The molecule has 0 radical (unpaired) electrons. The Hall–Kier alpha value is -1.55. The smallest absolute Gasteiger partial charge is 0.457 e. The van der Waals surface area contributed by atoms with Gasteiger partial charge in [-0.3, -0.25) is 18.6 Å². The zero-order chi connectivity index (χ0) is 44.0. The molecule has 10 nitrogen and oxygen atoms in total. The molecule has 0 heterocycles. The Labute approximate surface area is 368 Å². The van der Waals surface area contributed by atoms with Crippen molar-refractivity contribution in [2.24, 2.45) is 0 Å². The zero-order valence-corrected chi connectivity index (χ0v) is 39.6. The second kappa shape index (κ2) is 45.5. The minimum atomic E-state index is -4.64. The van der Waals surface area contributed by atoms with Crippen molar-refractivity contribution in [3.05, 3.63) is 24.3 Å². The van der Waals surface area contributed by atoms with Crippen LogP contribution in [0.5, 0.6) is 0 Å². The van der Waals surface area contributed by atoms with Gasteiger partial charge in [0, 0.05) is 12.8 Å². The molecular weight excluding hydrogens is 780 g/mol. The third-order valence-corrected chi connectivity index (χ3v) is 11.9. The Kier molecular flexibility index (Phi) is 44.3. The summed E-state index contributed by atoms with van der Waals surface area (Å²) in [4.78, 5) is 34.6. The summed E-state index contributed by atoms with van der Waals surface area (Å²) in [7, 11) is -4.64. The third kappa shape index (κ3) is 43.1. The first-order valence-electron chi connectivity index (χ1n) is 24.8. The van der Waals surface area contributed by atoms with Crippen LogP contribution in [-0.4, -0.2) is 65.7 Å². The van der Waals surface area contributed by atoms with Crippen LogP contribution in [0.4, 0.5) is 0 Å². The lowest BCUT2D eigenvalue weighted by molar-refractivity contribution is -0.153. The number of esters is 2. The second-order valence-electron chi connectivity index (χ2n) is 16.8. The number of ether oxygens (including phenoxy) is 2. The molecule has 0 aliphatic carbocycles. The highest BCUT2D eigenvalue weighted by molar-refractivity contribution is 7.47. The first kappa shape index (κ1) is 58.5. The number of hydrogen-bond donors (Lipinski definition) is 3. The SMILES string of the molecule is CCCCC/C=C\C/C=C\CCCCCCCC(=O)OC(CO)COP(=O)(O)OCC(CO)OC(=O)CCCCCCCCCCCCCCCCCCCCCCCC. The summed E-state index contributed by atoms with van der Waals surface area (Å²) < 4.78 is 32.7. The van der Waals surface area contributed by atoms with Crippen LogP contribution in [-0.2, 0) is 32.7 Å². The van der Waals surface area contributed by atoms with Crippen molar-refractivity contribution in [3.63, 3.8) is 0 Å². The van der Waals surface area contributed by atoms with Gasteiger partial charge >= 0.3 is 19.8 Å². The van der Waals surface area contributed by atoms with Gasteiger partial charge in [0.1, 0.15) is 12.2 Å². The normalized spacial score (nSPS) is 13.9. The quantitative estimate of drug-likeness (QED) is 0.0233. The first-order chi connectivity index (χ1) is 29.3. The Balaban J connectivity index is 3.82. The average molecular weight is 873 g/mol. The van der Waals surface area contributed by atoms with Gasteiger partial charge in [-0.1, -0.05) is 205 Å². The Morgan fingerprint density at radius 3 is 1.07 bits per heavy atom. The number of phosphoric acid groups is 1. The van der Waals surface area contributed by atoms with Crippen molar-refractivity contribution < 1.29 is 47.8 Å². The van der Waals surface area contributed by atoms with Crippen molar-refractivity contribution in [1.29, 1.82) is 0 Å². The molecule has 0 aliphatic heterocycles. The molecule has 0 saturated heterocycles. The van der Waals surface area contributed by atoms with E-state index in [9.17, 15) is 29.3 Å². The summed E-state index contributed by atoms with van der Waals surface area (Å²) >= 11 is 0.